The van der Waals surface area contributed by atoms with Crippen LogP contribution < -0.4 is 5.43 Å². The van der Waals surface area contributed by atoms with Crippen molar-refractivity contribution in [2.75, 3.05) is 31.6 Å². The Morgan fingerprint density at radius 3 is 2.56 bits per heavy atom. The van der Waals surface area contributed by atoms with Crippen LogP contribution in [0.4, 0.5) is 4.79 Å². The van der Waals surface area contributed by atoms with Crippen LogP contribution >= 0.6 is 22.9 Å². The quantitative estimate of drug-likeness (QED) is 0.698. The first-order valence-electron chi connectivity index (χ1n) is 8.19. The monoisotopic (exact) mass is 425 g/mol. The van der Waals surface area contributed by atoms with Crippen LogP contribution in [0.15, 0.2) is 46.9 Å². The van der Waals surface area contributed by atoms with E-state index in [0.29, 0.717) is 17.4 Å². The van der Waals surface area contributed by atoms with Gasteiger partial charge in [0.15, 0.2) is 0 Å². The Balaban J connectivity index is 1.41. The van der Waals surface area contributed by atoms with E-state index in [4.69, 9.17) is 11.6 Å². The molecule has 0 spiro atoms. The number of urea groups is 1. The van der Waals surface area contributed by atoms with Gasteiger partial charge in [-0.15, -0.1) is 11.3 Å². The molecule has 0 bridgehead atoms. The number of aromatic nitrogens is 2. The second-order valence-electron chi connectivity index (χ2n) is 5.97. The van der Waals surface area contributed by atoms with E-state index >= 15 is 0 Å². The van der Waals surface area contributed by atoms with Gasteiger partial charge in [0, 0.05) is 26.2 Å². The zero-order valence-electron chi connectivity index (χ0n) is 14.1. The molecule has 27 heavy (non-hydrogen) atoms. The molecule has 2 amide bonds. The van der Waals surface area contributed by atoms with Crippen LogP contribution in [-0.4, -0.2) is 59.5 Å². The van der Waals surface area contributed by atoms with Gasteiger partial charge in [0.25, 0.3) is 10.0 Å². The average molecular weight is 426 g/mol. The number of carbonyl (C=O) groups is 1. The Hall–Kier alpha value is -2.14. The number of sulfonamides is 1. The first-order chi connectivity index (χ1) is 12.9. The second kappa shape index (κ2) is 7.12. The Kier molecular flexibility index (Phi) is 4.81. The summed E-state index contributed by atoms with van der Waals surface area (Å²) < 4.78 is 28.8. The number of hydrogen-bond donors (Lipinski definition) is 1. The van der Waals surface area contributed by atoms with Crippen LogP contribution in [0.2, 0.25) is 4.34 Å². The molecule has 0 saturated carbocycles. The fourth-order valence-electron chi connectivity index (χ4n) is 2.92. The number of hydrogen-bond acceptors (Lipinski definition) is 5. The normalized spacial score (nSPS) is 16.0. The maximum Gasteiger partial charge on any atom is 0.336 e. The van der Waals surface area contributed by atoms with E-state index in [9.17, 15) is 13.2 Å². The third-order valence-electron chi connectivity index (χ3n) is 4.34. The number of nitrogens with one attached hydrogen (secondary N) is 1. The van der Waals surface area contributed by atoms with Gasteiger partial charge in [0.2, 0.25) is 0 Å². The highest BCUT2D eigenvalue weighted by atomic mass is 35.5. The molecule has 0 unspecified atom stereocenters. The van der Waals surface area contributed by atoms with Gasteiger partial charge in [-0.1, -0.05) is 23.7 Å². The highest BCUT2D eigenvalue weighted by molar-refractivity contribution is 7.91. The van der Waals surface area contributed by atoms with E-state index < -0.39 is 10.0 Å². The van der Waals surface area contributed by atoms with Crippen LogP contribution in [0, 0.1) is 0 Å². The van der Waals surface area contributed by atoms with Crippen LogP contribution in [0.1, 0.15) is 0 Å². The summed E-state index contributed by atoms with van der Waals surface area (Å²) in [7, 11) is -3.58. The maximum absolute atomic E-state index is 12.6. The van der Waals surface area contributed by atoms with Crippen molar-refractivity contribution in [3.8, 4) is 0 Å². The van der Waals surface area contributed by atoms with Crippen LogP contribution in [-0.2, 0) is 10.0 Å². The third kappa shape index (κ3) is 3.53. The molecule has 8 nitrogen and oxygen atoms in total. The summed E-state index contributed by atoms with van der Waals surface area (Å²) in [5.74, 6) is 0. The van der Waals surface area contributed by atoms with Crippen molar-refractivity contribution in [3.05, 3.63) is 47.1 Å². The smallest absolute Gasteiger partial charge is 0.321 e. The Morgan fingerprint density at radius 2 is 1.85 bits per heavy atom. The molecule has 0 radical (unpaired) electrons. The summed E-state index contributed by atoms with van der Waals surface area (Å²) in [6.07, 6.45) is 1.55. The zero-order chi connectivity index (χ0) is 19.0. The minimum Gasteiger partial charge on any atom is -0.321 e. The van der Waals surface area contributed by atoms with Gasteiger partial charge in [0.05, 0.1) is 15.4 Å². The number of nitrogens with zero attached hydrogens (tertiary/aromatic N) is 4. The van der Waals surface area contributed by atoms with Crippen LogP contribution in [0.3, 0.4) is 0 Å². The molecular weight excluding hydrogens is 410 g/mol. The molecule has 0 aliphatic carbocycles. The standard InChI is InChI=1S/C16H16ClN5O3S2/c17-14-5-6-15(26-14)27(24,25)21-9-7-20(8-10-21)16(23)19-22-11-18-12-3-1-2-4-13(12)22/h1-6,11H,7-10H2,(H,19,23). The number of halogens is 1. The van der Waals surface area contributed by atoms with Gasteiger partial charge in [0.1, 0.15) is 10.5 Å². The van der Waals surface area contributed by atoms with Gasteiger partial charge in [-0.2, -0.15) is 4.31 Å². The van der Waals surface area contributed by atoms with Crippen LogP contribution in [0.25, 0.3) is 11.0 Å². The zero-order valence-corrected chi connectivity index (χ0v) is 16.5. The van der Waals surface area contributed by atoms with E-state index in [1.54, 1.807) is 22.0 Å². The summed E-state index contributed by atoms with van der Waals surface area (Å²) >= 11 is 6.88. The van der Waals surface area contributed by atoms with Gasteiger partial charge >= 0.3 is 6.03 Å². The highest BCUT2D eigenvalue weighted by Gasteiger charge is 2.31. The molecule has 1 saturated heterocycles. The number of fused-ring (bicyclic) bond motifs is 1. The average Bonchev–Trinajstić information content (AvgIpc) is 3.29. The second-order valence-corrected chi connectivity index (χ2v) is 9.85. The van der Waals surface area contributed by atoms with E-state index in [-0.39, 0.29) is 23.3 Å². The van der Waals surface area contributed by atoms with E-state index in [2.05, 4.69) is 10.4 Å². The topological polar surface area (TPSA) is 87.5 Å². The molecule has 4 rings (SSSR count). The molecule has 1 aliphatic rings. The van der Waals surface area contributed by atoms with E-state index in [1.165, 1.54) is 10.4 Å². The molecular formula is C16H16ClN5O3S2. The molecule has 1 fully saturated rings. The fraction of sp³-hybridized carbons (Fsp3) is 0.250. The number of carbonyl (C=O) groups excluding carboxylic acids is 1. The summed E-state index contributed by atoms with van der Waals surface area (Å²) in [5.41, 5.74) is 4.36. The Morgan fingerprint density at radius 1 is 1.11 bits per heavy atom. The molecule has 3 aromatic rings. The lowest BCUT2D eigenvalue weighted by Gasteiger charge is -2.33. The first kappa shape index (κ1) is 18.2. The van der Waals surface area contributed by atoms with Crippen molar-refractivity contribution in [1.29, 1.82) is 0 Å². The lowest BCUT2D eigenvalue weighted by Crippen LogP contribution is -2.52. The number of piperazine rings is 1. The van der Waals surface area contributed by atoms with Gasteiger partial charge in [-0.05, 0) is 24.3 Å². The molecule has 2 aromatic heterocycles. The molecule has 0 atom stereocenters. The lowest BCUT2D eigenvalue weighted by molar-refractivity contribution is 0.182. The highest BCUT2D eigenvalue weighted by Crippen LogP contribution is 2.28. The number of benzene rings is 1. The van der Waals surface area contributed by atoms with E-state index in [0.717, 1.165) is 22.4 Å². The van der Waals surface area contributed by atoms with Crippen molar-refractivity contribution in [2.45, 2.75) is 4.21 Å². The number of thiophene rings is 1. The molecule has 3 heterocycles. The minimum atomic E-state index is -3.58. The van der Waals surface area contributed by atoms with Crippen molar-refractivity contribution in [3.63, 3.8) is 0 Å². The van der Waals surface area contributed by atoms with E-state index in [1.807, 2.05) is 24.3 Å². The summed E-state index contributed by atoms with van der Waals surface area (Å²) in [5, 5.41) is 0. The Labute approximate surface area is 165 Å². The summed E-state index contributed by atoms with van der Waals surface area (Å²) in [4.78, 5) is 18.3. The predicted octanol–water partition coefficient (Wildman–Crippen LogP) is 2.42. The lowest BCUT2D eigenvalue weighted by atomic mass is 10.3. The minimum absolute atomic E-state index is 0.218. The van der Waals surface area contributed by atoms with Crippen molar-refractivity contribution >= 4 is 50.0 Å². The van der Waals surface area contributed by atoms with Crippen molar-refractivity contribution in [2.24, 2.45) is 0 Å². The third-order valence-corrected chi connectivity index (χ3v) is 7.94. The predicted molar refractivity (Wildman–Crippen MR) is 104 cm³/mol. The fourth-order valence-corrected chi connectivity index (χ4v) is 5.98. The number of para-hydroxylation sites is 2. The molecule has 1 aliphatic heterocycles. The van der Waals surface area contributed by atoms with Gasteiger partial charge in [-0.25, -0.2) is 28.3 Å². The van der Waals surface area contributed by atoms with Crippen LogP contribution in [0.5, 0.6) is 0 Å². The van der Waals surface area contributed by atoms with Gasteiger partial charge < -0.3 is 4.90 Å². The molecule has 1 aromatic carbocycles. The van der Waals surface area contributed by atoms with Gasteiger partial charge in [-0.3, -0.25) is 0 Å². The van der Waals surface area contributed by atoms with Crippen molar-refractivity contribution < 1.29 is 13.2 Å². The SMILES string of the molecule is O=C(Nn1cnc2ccccc21)N1CCN(S(=O)(=O)c2ccc(Cl)s2)CC1. The maximum atomic E-state index is 12.6. The summed E-state index contributed by atoms with van der Waals surface area (Å²) in [6.45, 7) is 1.07. The first-order valence-corrected chi connectivity index (χ1v) is 10.8. The summed E-state index contributed by atoms with van der Waals surface area (Å²) in [6, 6.07) is 10.2. The number of amides is 2. The molecule has 11 heteroatoms. The molecule has 142 valence electrons. The number of imidazole rings is 1. The molecule has 1 N–H and O–H groups in total. The Bertz CT molecular complexity index is 1090. The van der Waals surface area contributed by atoms with Crippen molar-refractivity contribution in [1.82, 2.24) is 18.9 Å². The number of rotatable bonds is 3. The largest absolute Gasteiger partial charge is 0.336 e.